The number of hydrogen-bond acceptors (Lipinski definition) is 3. The molecule has 1 amide bonds. The lowest BCUT2D eigenvalue weighted by Gasteiger charge is -2.17. The summed E-state index contributed by atoms with van der Waals surface area (Å²) in [5.41, 5.74) is 8.22. The average Bonchev–Trinajstić information content (AvgIpc) is 3.18. The summed E-state index contributed by atoms with van der Waals surface area (Å²) in [6, 6.07) is 13.8. The summed E-state index contributed by atoms with van der Waals surface area (Å²) in [6.45, 7) is 0.584. The maximum atomic E-state index is 12.5. The summed E-state index contributed by atoms with van der Waals surface area (Å²) in [4.78, 5) is 12.5. The van der Waals surface area contributed by atoms with Gasteiger partial charge in [0, 0.05) is 28.4 Å². The second-order valence-corrected chi connectivity index (χ2v) is 6.33. The minimum Gasteiger partial charge on any atom is -0.456 e. The number of carbonyl (C=O) groups excluding carboxylic acids is 1. The molecule has 1 saturated carbocycles. The standard InChI is InChI=1S/C19H20N2O2/c20-11-12-4-3-6-14(12)19(22)21-13-8-9-16-15-5-1-2-7-17(15)23-18(16)10-13/h1-2,5,7-10,12,14H,3-4,6,11,20H2,(H,21,22)/t12-,14-/m1/s1. The van der Waals surface area contributed by atoms with Crippen molar-refractivity contribution in [2.75, 3.05) is 11.9 Å². The summed E-state index contributed by atoms with van der Waals surface area (Å²) < 4.78 is 5.87. The fourth-order valence-corrected chi connectivity index (χ4v) is 3.70. The average molecular weight is 308 g/mol. The Kier molecular flexibility index (Phi) is 3.54. The molecule has 1 heterocycles. The van der Waals surface area contributed by atoms with Gasteiger partial charge in [0.05, 0.1) is 0 Å². The van der Waals surface area contributed by atoms with Gasteiger partial charge < -0.3 is 15.5 Å². The lowest BCUT2D eigenvalue weighted by molar-refractivity contribution is -0.120. The molecule has 1 aliphatic carbocycles. The van der Waals surface area contributed by atoms with Gasteiger partial charge in [-0.25, -0.2) is 0 Å². The quantitative estimate of drug-likeness (QED) is 0.771. The molecule has 0 radical (unpaired) electrons. The largest absolute Gasteiger partial charge is 0.456 e. The van der Waals surface area contributed by atoms with E-state index in [0.717, 1.165) is 46.9 Å². The molecule has 3 aromatic rings. The Bertz CT molecular complexity index is 868. The predicted octanol–water partition coefficient (Wildman–Crippen LogP) is 3.90. The van der Waals surface area contributed by atoms with Crippen molar-refractivity contribution < 1.29 is 9.21 Å². The van der Waals surface area contributed by atoms with Crippen molar-refractivity contribution in [1.82, 2.24) is 0 Å². The van der Waals surface area contributed by atoms with Crippen molar-refractivity contribution >= 4 is 33.5 Å². The Balaban J connectivity index is 1.62. The van der Waals surface area contributed by atoms with Gasteiger partial charge in [-0.15, -0.1) is 0 Å². The van der Waals surface area contributed by atoms with Gasteiger partial charge >= 0.3 is 0 Å². The maximum Gasteiger partial charge on any atom is 0.227 e. The van der Waals surface area contributed by atoms with E-state index < -0.39 is 0 Å². The van der Waals surface area contributed by atoms with Crippen molar-refractivity contribution in [1.29, 1.82) is 0 Å². The fraction of sp³-hybridized carbons (Fsp3) is 0.316. The molecule has 0 bridgehead atoms. The number of fused-ring (bicyclic) bond motifs is 3. The molecule has 1 aliphatic rings. The zero-order valence-electron chi connectivity index (χ0n) is 12.9. The fourth-order valence-electron chi connectivity index (χ4n) is 3.70. The molecule has 1 fully saturated rings. The van der Waals surface area contributed by atoms with Crippen LogP contribution in [0.3, 0.4) is 0 Å². The van der Waals surface area contributed by atoms with E-state index in [2.05, 4.69) is 5.32 Å². The van der Waals surface area contributed by atoms with Crippen LogP contribution < -0.4 is 11.1 Å². The zero-order chi connectivity index (χ0) is 15.8. The molecular weight excluding hydrogens is 288 g/mol. The molecule has 4 nitrogen and oxygen atoms in total. The van der Waals surface area contributed by atoms with E-state index in [9.17, 15) is 4.79 Å². The van der Waals surface area contributed by atoms with Gasteiger partial charge in [0.2, 0.25) is 5.91 Å². The van der Waals surface area contributed by atoms with Crippen LogP contribution in [-0.4, -0.2) is 12.5 Å². The summed E-state index contributed by atoms with van der Waals surface area (Å²) in [6.07, 6.45) is 3.07. The number of carbonyl (C=O) groups is 1. The van der Waals surface area contributed by atoms with Crippen molar-refractivity contribution in [3.05, 3.63) is 42.5 Å². The second-order valence-electron chi connectivity index (χ2n) is 6.33. The van der Waals surface area contributed by atoms with Gasteiger partial charge in [0.25, 0.3) is 0 Å². The van der Waals surface area contributed by atoms with Gasteiger partial charge in [-0.2, -0.15) is 0 Å². The normalized spacial score (nSPS) is 21.1. The van der Waals surface area contributed by atoms with Gasteiger partial charge in [0.15, 0.2) is 0 Å². The van der Waals surface area contributed by atoms with E-state index in [-0.39, 0.29) is 11.8 Å². The highest BCUT2D eigenvalue weighted by molar-refractivity contribution is 6.06. The smallest absolute Gasteiger partial charge is 0.227 e. The minimum atomic E-state index is 0.0337. The molecule has 2 aromatic carbocycles. The van der Waals surface area contributed by atoms with E-state index in [0.29, 0.717) is 12.5 Å². The van der Waals surface area contributed by atoms with Crippen LogP contribution in [0.25, 0.3) is 21.9 Å². The Hall–Kier alpha value is -2.33. The van der Waals surface area contributed by atoms with E-state index in [1.54, 1.807) is 0 Å². The molecule has 0 saturated heterocycles. The summed E-state index contributed by atoms with van der Waals surface area (Å²) >= 11 is 0. The molecule has 2 atom stereocenters. The number of hydrogen-bond donors (Lipinski definition) is 2. The number of furan rings is 1. The first-order chi connectivity index (χ1) is 11.3. The lowest BCUT2D eigenvalue weighted by atomic mass is 9.95. The van der Waals surface area contributed by atoms with Crippen LogP contribution in [0.2, 0.25) is 0 Å². The second kappa shape index (κ2) is 5.70. The Morgan fingerprint density at radius 1 is 1.13 bits per heavy atom. The number of benzene rings is 2. The molecule has 0 unspecified atom stereocenters. The number of anilines is 1. The van der Waals surface area contributed by atoms with Crippen molar-refractivity contribution in [3.8, 4) is 0 Å². The van der Waals surface area contributed by atoms with Gasteiger partial charge in [-0.3, -0.25) is 4.79 Å². The topological polar surface area (TPSA) is 68.3 Å². The maximum absolute atomic E-state index is 12.5. The van der Waals surface area contributed by atoms with Crippen LogP contribution in [0.1, 0.15) is 19.3 Å². The molecule has 0 aliphatic heterocycles. The molecule has 4 rings (SSSR count). The van der Waals surface area contributed by atoms with Crippen molar-refractivity contribution in [2.45, 2.75) is 19.3 Å². The van der Waals surface area contributed by atoms with E-state index in [4.69, 9.17) is 10.2 Å². The molecule has 23 heavy (non-hydrogen) atoms. The highest BCUT2D eigenvalue weighted by Crippen LogP contribution is 2.33. The third-order valence-corrected chi connectivity index (χ3v) is 4.94. The van der Waals surface area contributed by atoms with Crippen LogP contribution in [0.15, 0.2) is 46.9 Å². The number of nitrogens with one attached hydrogen (secondary N) is 1. The molecule has 0 spiro atoms. The van der Waals surface area contributed by atoms with Crippen molar-refractivity contribution in [3.63, 3.8) is 0 Å². The molecule has 118 valence electrons. The van der Waals surface area contributed by atoms with Gasteiger partial charge in [0.1, 0.15) is 11.2 Å². The Morgan fingerprint density at radius 3 is 2.83 bits per heavy atom. The first kappa shape index (κ1) is 14.3. The third-order valence-electron chi connectivity index (χ3n) is 4.94. The summed E-state index contributed by atoms with van der Waals surface area (Å²) in [7, 11) is 0. The van der Waals surface area contributed by atoms with Crippen LogP contribution in [0.4, 0.5) is 5.69 Å². The van der Waals surface area contributed by atoms with Crippen LogP contribution in [0, 0.1) is 11.8 Å². The van der Waals surface area contributed by atoms with Crippen LogP contribution >= 0.6 is 0 Å². The highest BCUT2D eigenvalue weighted by Gasteiger charge is 2.31. The molecule has 4 heteroatoms. The summed E-state index contributed by atoms with van der Waals surface area (Å²) in [5.74, 6) is 0.421. The first-order valence-electron chi connectivity index (χ1n) is 8.18. The van der Waals surface area contributed by atoms with E-state index in [1.807, 2.05) is 42.5 Å². The van der Waals surface area contributed by atoms with Crippen LogP contribution in [0.5, 0.6) is 0 Å². The SMILES string of the molecule is NC[C@H]1CCC[C@H]1C(=O)Nc1ccc2c(c1)oc1ccccc12. The molecule has 1 aromatic heterocycles. The number of rotatable bonds is 3. The number of para-hydroxylation sites is 1. The number of amides is 1. The lowest BCUT2D eigenvalue weighted by Crippen LogP contribution is -2.29. The minimum absolute atomic E-state index is 0.0337. The third kappa shape index (κ3) is 2.49. The van der Waals surface area contributed by atoms with Gasteiger partial charge in [-0.1, -0.05) is 24.6 Å². The molecule has 3 N–H and O–H groups in total. The first-order valence-corrected chi connectivity index (χ1v) is 8.18. The Labute approximate surface area is 134 Å². The highest BCUT2D eigenvalue weighted by atomic mass is 16.3. The monoisotopic (exact) mass is 308 g/mol. The summed E-state index contributed by atoms with van der Waals surface area (Å²) in [5, 5.41) is 5.20. The van der Waals surface area contributed by atoms with E-state index in [1.165, 1.54) is 0 Å². The van der Waals surface area contributed by atoms with Crippen molar-refractivity contribution in [2.24, 2.45) is 17.6 Å². The zero-order valence-corrected chi connectivity index (χ0v) is 12.9. The molecular formula is C19H20N2O2. The Morgan fingerprint density at radius 2 is 1.96 bits per heavy atom. The van der Waals surface area contributed by atoms with E-state index >= 15 is 0 Å². The number of nitrogens with two attached hydrogens (primary N) is 1. The predicted molar refractivity (Wildman–Crippen MR) is 92.2 cm³/mol. The van der Waals surface area contributed by atoms with Crippen LogP contribution in [-0.2, 0) is 4.79 Å². The van der Waals surface area contributed by atoms with Gasteiger partial charge in [-0.05, 0) is 43.5 Å².